The molecule has 21 heavy (non-hydrogen) atoms. The van der Waals surface area contributed by atoms with Crippen molar-refractivity contribution in [2.45, 2.75) is 38.0 Å². The molecule has 0 aliphatic heterocycles. The molecule has 122 valence electrons. The fourth-order valence-electron chi connectivity index (χ4n) is 2.17. The summed E-state index contributed by atoms with van der Waals surface area (Å²) in [5.74, 6) is 0.355. The standard InChI is InChI=1S/C14H25ClN2O2S2/c1-4-16(5-2)8-7-9-17(6-3)21(18,19)14-10-13(11-15)20-12-14/h10,12H,4-9,11H2,1-3H3. The Balaban J connectivity index is 2.69. The van der Waals surface area contributed by atoms with E-state index in [0.29, 0.717) is 23.9 Å². The third-order valence-corrected chi connectivity index (χ3v) is 7.01. The molecule has 1 aromatic rings. The maximum absolute atomic E-state index is 12.6. The second-order valence-corrected chi connectivity index (χ2v) is 7.96. The number of alkyl halides is 1. The molecule has 0 atom stereocenters. The lowest BCUT2D eigenvalue weighted by Crippen LogP contribution is -2.34. The van der Waals surface area contributed by atoms with Crippen LogP contribution in [0.5, 0.6) is 0 Å². The average Bonchev–Trinajstić information content (AvgIpc) is 2.97. The number of rotatable bonds is 10. The van der Waals surface area contributed by atoms with Crippen LogP contribution in [0.15, 0.2) is 16.3 Å². The van der Waals surface area contributed by atoms with E-state index in [0.717, 1.165) is 30.9 Å². The van der Waals surface area contributed by atoms with Gasteiger partial charge in [-0.25, -0.2) is 8.42 Å². The molecule has 0 fully saturated rings. The molecule has 0 N–H and O–H groups in total. The van der Waals surface area contributed by atoms with E-state index in [1.165, 1.54) is 11.3 Å². The van der Waals surface area contributed by atoms with Crippen LogP contribution in [0.3, 0.4) is 0 Å². The Kier molecular flexibility index (Phi) is 8.19. The van der Waals surface area contributed by atoms with E-state index >= 15 is 0 Å². The van der Waals surface area contributed by atoms with Crippen molar-refractivity contribution in [2.75, 3.05) is 32.7 Å². The topological polar surface area (TPSA) is 40.6 Å². The zero-order chi connectivity index (χ0) is 15.9. The minimum Gasteiger partial charge on any atom is -0.304 e. The van der Waals surface area contributed by atoms with Gasteiger partial charge in [-0.3, -0.25) is 0 Å². The molecule has 0 saturated carbocycles. The van der Waals surface area contributed by atoms with Crippen LogP contribution in [0, 0.1) is 0 Å². The lowest BCUT2D eigenvalue weighted by molar-refractivity contribution is 0.285. The van der Waals surface area contributed by atoms with Crippen LogP contribution in [0.4, 0.5) is 0 Å². The van der Waals surface area contributed by atoms with Crippen molar-refractivity contribution in [3.63, 3.8) is 0 Å². The molecule has 1 rings (SSSR count). The molecule has 0 bridgehead atoms. The van der Waals surface area contributed by atoms with Crippen molar-refractivity contribution in [2.24, 2.45) is 0 Å². The SMILES string of the molecule is CCN(CC)CCCN(CC)S(=O)(=O)c1csc(CCl)c1. The summed E-state index contributed by atoms with van der Waals surface area (Å²) >= 11 is 7.14. The van der Waals surface area contributed by atoms with E-state index in [1.807, 2.05) is 6.92 Å². The quantitative estimate of drug-likeness (QED) is 0.607. The summed E-state index contributed by atoms with van der Waals surface area (Å²) in [5.41, 5.74) is 0. The second-order valence-electron chi connectivity index (χ2n) is 4.76. The summed E-state index contributed by atoms with van der Waals surface area (Å²) in [6.45, 7) is 10.1. The Labute approximate surface area is 137 Å². The highest BCUT2D eigenvalue weighted by atomic mass is 35.5. The van der Waals surface area contributed by atoms with Crippen LogP contribution < -0.4 is 0 Å². The van der Waals surface area contributed by atoms with Crippen LogP contribution in [-0.2, 0) is 15.9 Å². The first kappa shape index (κ1) is 18.9. The number of nitrogens with zero attached hydrogens (tertiary/aromatic N) is 2. The Morgan fingerprint density at radius 3 is 2.29 bits per heavy atom. The summed E-state index contributed by atoms with van der Waals surface area (Å²) in [6, 6.07) is 1.68. The predicted molar refractivity (Wildman–Crippen MR) is 90.7 cm³/mol. The first-order valence-electron chi connectivity index (χ1n) is 7.35. The summed E-state index contributed by atoms with van der Waals surface area (Å²) < 4.78 is 26.7. The van der Waals surface area contributed by atoms with E-state index in [1.54, 1.807) is 15.8 Å². The van der Waals surface area contributed by atoms with E-state index in [4.69, 9.17) is 11.6 Å². The van der Waals surface area contributed by atoms with Gasteiger partial charge in [-0.1, -0.05) is 20.8 Å². The fraction of sp³-hybridized carbons (Fsp3) is 0.714. The molecule has 0 aliphatic carbocycles. The summed E-state index contributed by atoms with van der Waals surface area (Å²) in [6.07, 6.45) is 0.848. The lowest BCUT2D eigenvalue weighted by atomic mass is 10.3. The van der Waals surface area contributed by atoms with Gasteiger partial charge in [-0.05, 0) is 32.1 Å². The predicted octanol–water partition coefficient (Wildman–Crippen LogP) is 3.23. The van der Waals surface area contributed by atoms with Crippen molar-refractivity contribution in [3.05, 3.63) is 16.3 Å². The first-order valence-corrected chi connectivity index (χ1v) is 10.2. The molecule has 0 spiro atoms. The number of sulfonamides is 1. The molecule has 0 amide bonds. The van der Waals surface area contributed by atoms with Crippen molar-refractivity contribution >= 4 is 33.0 Å². The first-order chi connectivity index (χ1) is 9.99. The fourth-order valence-corrected chi connectivity index (χ4v) is 5.04. The summed E-state index contributed by atoms with van der Waals surface area (Å²) in [4.78, 5) is 3.55. The number of hydrogen-bond acceptors (Lipinski definition) is 4. The van der Waals surface area contributed by atoms with Gasteiger partial charge in [-0.2, -0.15) is 4.31 Å². The molecular weight excluding hydrogens is 328 g/mol. The summed E-state index contributed by atoms with van der Waals surface area (Å²) in [7, 11) is -3.39. The van der Waals surface area contributed by atoms with Crippen molar-refractivity contribution in [3.8, 4) is 0 Å². The Morgan fingerprint density at radius 1 is 1.14 bits per heavy atom. The van der Waals surface area contributed by atoms with Gasteiger partial charge in [0.25, 0.3) is 0 Å². The van der Waals surface area contributed by atoms with Crippen LogP contribution in [-0.4, -0.2) is 50.3 Å². The molecule has 0 unspecified atom stereocenters. The van der Waals surface area contributed by atoms with E-state index in [-0.39, 0.29) is 0 Å². The van der Waals surface area contributed by atoms with Gasteiger partial charge in [0.05, 0.1) is 10.8 Å². The normalized spacial score (nSPS) is 12.5. The van der Waals surface area contributed by atoms with E-state index < -0.39 is 10.0 Å². The maximum Gasteiger partial charge on any atom is 0.243 e. The van der Waals surface area contributed by atoms with Gasteiger partial charge >= 0.3 is 0 Å². The van der Waals surface area contributed by atoms with E-state index in [2.05, 4.69) is 18.7 Å². The Hall–Kier alpha value is -0.140. The zero-order valence-electron chi connectivity index (χ0n) is 13.0. The Morgan fingerprint density at radius 2 is 1.81 bits per heavy atom. The number of halogens is 1. The highest BCUT2D eigenvalue weighted by molar-refractivity contribution is 7.89. The lowest BCUT2D eigenvalue weighted by Gasteiger charge is -2.22. The minimum atomic E-state index is -3.39. The average molecular weight is 353 g/mol. The Bertz CT molecular complexity index is 513. The van der Waals surface area contributed by atoms with Gasteiger partial charge in [-0.15, -0.1) is 22.9 Å². The molecule has 1 aromatic heterocycles. The minimum absolute atomic E-state index is 0.355. The molecule has 1 heterocycles. The van der Waals surface area contributed by atoms with Crippen LogP contribution in [0.2, 0.25) is 0 Å². The van der Waals surface area contributed by atoms with Gasteiger partial charge in [0.15, 0.2) is 0 Å². The molecule has 0 saturated heterocycles. The monoisotopic (exact) mass is 352 g/mol. The number of thiophene rings is 1. The zero-order valence-corrected chi connectivity index (χ0v) is 15.4. The molecule has 7 heteroatoms. The third kappa shape index (κ3) is 5.21. The van der Waals surface area contributed by atoms with Crippen molar-refractivity contribution in [1.29, 1.82) is 0 Å². The molecule has 4 nitrogen and oxygen atoms in total. The smallest absolute Gasteiger partial charge is 0.243 e. The van der Waals surface area contributed by atoms with Gasteiger partial charge < -0.3 is 4.90 Å². The van der Waals surface area contributed by atoms with Crippen molar-refractivity contribution in [1.82, 2.24) is 9.21 Å². The van der Waals surface area contributed by atoms with Crippen LogP contribution >= 0.6 is 22.9 Å². The van der Waals surface area contributed by atoms with Crippen molar-refractivity contribution < 1.29 is 8.42 Å². The maximum atomic E-state index is 12.6. The second kappa shape index (κ2) is 9.10. The molecular formula is C14H25ClN2O2S2. The van der Waals surface area contributed by atoms with Gasteiger partial charge in [0, 0.05) is 23.3 Å². The molecule has 0 radical (unpaired) electrons. The number of hydrogen-bond donors (Lipinski definition) is 0. The largest absolute Gasteiger partial charge is 0.304 e. The van der Waals surface area contributed by atoms with Crippen LogP contribution in [0.1, 0.15) is 32.1 Å². The summed E-state index contributed by atoms with van der Waals surface area (Å²) in [5, 5.41) is 1.68. The third-order valence-electron chi connectivity index (χ3n) is 3.53. The highest BCUT2D eigenvalue weighted by Crippen LogP contribution is 2.23. The molecule has 0 aromatic carbocycles. The highest BCUT2D eigenvalue weighted by Gasteiger charge is 2.24. The van der Waals surface area contributed by atoms with E-state index in [9.17, 15) is 8.42 Å². The van der Waals surface area contributed by atoms with Crippen LogP contribution in [0.25, 0.3) is 0 Å². The molecule has 0 aliphatic rings. The van der Waals surface area contributed by atoms with Gasteiger partial charge in [0.1, 0.15) is 0 Å². The van der Waals surface area contributed by atoms with Gasteiger partial charge in [0.2, 0.25) is 10.0 Å².